The van der Waals surface area contributed by atoms with Crippen LogP contribution in [0.3, 0.4) is 0 Å². The Kier molecular flexibility index (Phi) is 6.60. The lowest BCUT2D eigenvalue weighted by Crippen LogP contribution is -2.35. The first-order chi connectivity index (χ1) is 16.7. The lowest BCUT2D eigenvalue weighted by Gasteiger charge is -2.13. The average molecular weight is 538 g/mol. The maximum Gasteiger partial charge on any atom is 0.335 e. The van der Waals surface area contributed by atoms with E-state index in [9.17, 15) is 24.5 Å². The highest BCUT2D eigenvalue weighted by Crippen LogP contribution is 2.38. The number of anilines is 1. The fourth-order valence-electron chi connectivity index (χ4n) is 3.34. The van der Waals surface area contributed by atoms with Crippen LogP contribution in [0, 0.1) is 10.1 Å². The molecule has 0 aromatic heterocycles. The largest absolute Gasteiger partial charge is 0.481 e. The Labute approximate surface area is 206 Å². The fourth-order valence-corrected chi connectivity index (χ4v) is 3.93. The Morgan fingerprint density at radius 2 is 1.80 bits per heavy atom. The van der Waals surface area contributed by atoms with Gasteiger partial charge in [-0.3, -0.25) is 25.1 Å². The Bertz CT molecular complexity index is 1370. The number of hydrogen-bond donors (Lipinski definition) is 2. The standard InChI is InChI=1S/C24H16BrN3O7/c25-19-11-15(10-18-22(29)26-27(23(18)30)17-4-2-1-3-5-17)12-20(28(33)34)21(19)35-13-14-6-8-16(9-7-14)24(31)32/h1-12H,13H2,(H,26,29)(H,31,32)/b18-10-. The molecule has 35 heavy (non-hydrogen) atoms. The van der Waals surface area contributed by atoms with Gasteiger partial charge >= 0.3 is 11.7 Å². The van der Waals surface area contributed by atoms with Gasteiger partial charge < -0.3 is 9.84 Å². The zero-order valence-electron chi connectivity index (χ0n) is 17.8. The van der Waals surface area contributed by atoms with Gasteiger partial charge in [0.05, 0.1) is 20.6 Å². The molecule has 1 saturated heterocycles. The minimum atomic E-state index is -1.07. The maximum absolute atomic E-state index is 12.8. The summed E-state index contributed by atoms with van der Waals surface area (Å²) in [5, 5.41) is 21.8. The zero-order chi connectivity index (χ0) is 25.1. The monoisotopic (exact) mass is 537 g/mol. The molecule has 3 aromatic carbocycles. The number of halogens is 1. The van der Waals surface area contributed by atoms with Gasteiger partial charge in [0.2, 0.25) is 5.75 Å². The number of aromatic carboxylic acids is 1. The van der Waals surface area contributed by atoms with Crippen LogP contribution >= 0.6 is 15.9 Å². The number of nitrogens with one attached hydrogen (secondary N) is 1. The van der Waals surface area contributed by atoms with Gasteiger partial charge in [-0.05, 0) is 63.5 Å². The van der Waals surface area contributed by atoms with Crippen molar-refractivity contribution < 1.29 is 29.2 Å². The first-order valence-corrected chi connectivity index (χ1v) is 10.9. The summed E-state index contributed by atoms with van der Waals surface area (Å²) < 4.78 is 5.89. The Balaban J connectivity index is 1.60. The molecular weight excluding hydrogens is 522 g/mol. The van der Waals surface area contributed by atoms with E-state index in [2.05, 4.69) is 21.4 Å². The highest BCUT2D eigenvalue weighted by atomic mass is 79.9. The van der Waals surface area contributed by atoms with Crippen LogP contribution in [0.4, 0.5) is 11.4 Å². The van der Waals surface area contributed by atoms with Crippen LogP contribution < -0.4 is 15.2 Å². The Hall–Kier alpha value is -4.51. The quantitative estimate of drug-likeness (QED) is 0.200. The van der Waals surface area contributed by atoms with Crippen LogP contribution in [0.15, 0.2) is 76.8 Å². The van der Waals surface area contributed by atoms with Crippen molar-refractivity contribution in [3.8, 4) is 5.75 Å². The summed E-state index contributed by atoms with van der Waals surface area (Å²) in [6.07, 6.45) is 1.27. The molecule has 1 aliphatic heterocycles. The minimum Gasteiger partial charge on any atom is -0.481 e. The molecule has 0 unspecified atom stereocenters. The van der Waals surface area contributed by atoms with Gasteiger partial charge in [-0.15, -0.1) is 0 Å². The van der Waals surface area contributed by atoms with E-state index in [1.165, 1.54) is 30.3 Å². The van der Waals surface area contributed by atoms with Crippen molar-refractivity contribution in [3.63, 3.8) is 0 Å². The summed E-state index contributed by atoms with van der Waals surface area (Å²) in [5.41, 5.74) is 3.35. The van der Waals surface area contributed by atoms with Crippen molar-refractivity contribution in [2.24, 2.45) is 0 Å². The van der Waals surface area contributed by atoms with Crippen LogP contribution in [-0.4, -0.2) is 27.8 Å². The molecule has 1 heterocycles. The number of carbonyl (C=O) groups excluding carboxylic acids is 2. The van der Waals surface area contributed by atoms with Gasteiger partial charge in [-0.1, -0.05) is 30.3 Å². The number of para-hydroxylation sites is 1. The third kappa shape index (κ3) is 5.04. The lowest BCUT2D eigenvalue weighted by molar-refractivity contribution is -0.386. The molecule has 1 fully saturated rings. The van der Waals surface area contributed by atoms with E-state index in [1.54, 1.807) is 42.5 Å². The molecule has 176 valence electrons. The number of hydrogen-bond acceptors (Lipinski definition) is 6. The number of nitro groups is 1. The van der Waals surface area contributed by atoms with E-state index in [1.807, 2.05) is 0 Å². The van der Waals surface area contributed by atoms with Gasteiger partial charge in [-0.25, -0.2) is 9.80 Å². The molecule has 4 rings (SSSR count). The smallest absolute Gasteiger partial charge is 0.335 e. The minimum absolute atomic E-state index is 0.0485. The molecule has 0 saturated carbocycles. The van der Waals surface area contributed by atoms with Crippen molar-refractivity contribution in [1.82, 2.24) is 5.43 Å². The summed E-state index contributed by atoms with van der Waals surface area (Å²) >= 11 is 3.27. The normalized spacial score (nSPS) is 14.2. The zero-order valence-corrected chi connectivity index (χ0v) is 19.4. The second kappa shape index (κ2) is 9.77. The molecule has 0 bridgehead atoms. The predicted molar refractivity (Wildman–Crippen MR) is 129 cm³/mol. The molecule has 1 aliphatic rings. The van der Waals surface area contributed by atoms with Crippen LogP contribution in [0.2, 0.25) is 0 Å². The number of amides is 2. The van der Waals surface area contributed by atoms with E-state index in [-0.39, 0.29) is 39.2 Å². The van der Waals surface area contributed by atoms with Crippen molar-refractivity contribution in [1.29, 1.82) is 0 Å². The SMILES string of the molecule is O=C1NN(c2ccccc2)C(=O)/C1=C\c1cc(Br)c(OCc2ccc(C(=O)O)cc2)c([N+](=O)[O-])c1. The number of nitrogens with zero attached hydrogens (tertiary/aromatic N) is 2. The van der Waals surface area contributed by atoms with E-state index in [0.29, 0.717) is 11.3 Å². The van der Waals surface area contributed by atoms with Gasteiger partial charge in [0.25, 0.3) is 11.8 Å². The van der Waals surface area contributed by atoms with Crippen LogP contribution in [0.5, 0.6) is 5.75 Å². The average Bonchev–Trinajstić information content (AvgIpc) is 3.12. The number of ether oxygens (including phenoxy) is 1. The lowest BCUT2D eigenvalue weighted by atomic mass is 10.1. The summed E-state index contributed by atoms with van der Waals surface area (Å²) in [6, 6.07) is 17.1. The third-order valence-electron chi connectivity index (χ3n) is 5.04. The molecule has 2 amide bonds. The molecule has 0 spiro atoms. The summed E-state index contributed by atoms with van der Waals surface area (Å²) in [5.74, 6) is -2.35. The van der Waals surface area contributed by atoms with Gasteiger partial charge in [0, 0.05) is 6.07 Å². The van der Waals surface area contributed by atoms with E-state index in [0.717, 1.165) is 5.01 Å². The number of hydrazine groups is 1. The van der Waals surface area contributed by atoms with Crippen LogP contribution in [0.1, 0.15) is 21.5 Å². The number of carboxylic acid groups (broad SMARTS) is 1. The van der Waals surface area contributed by atoms with E-state index >= 15 is 0 Å². The number of carboxylic acids is 1. The third-order valence-corrected chi connectivity index (χ3v) is 5.63. The van der Waals surface area contributed by atoms with Gasteiger partial charge in [0.1, 0.15) is 12.2 Å². The second-order valence-corrected chi connectivity index (χ2v) is 8.23. The van der Waals surface area contributed by atoms with Crippen molar-refractivity contribution in [2.75, 3.05) is 5.01 Å². The second-order valence-electron chi connectivity index (χ2n) is 7.37. The summed E-state index contributed by atoms with van der Waals surface area (Å²) in [7, 11) is 0. The fraction of sp³-hybridized carbons (Fsp3) is 0.0417. The van der Waals surface area contributed by atoms with Crippen molar-refractivity contribution in [3.05, 3.63) is 104 Å². The van der Waals surface area contributed by atoms with Gasteiger partial charge in [0.15, 0.2) is 0 Å². The highest BCUT2D eigenvalue weighted by molar-refractivity contribution is 9.10. The van der Waals surface area contributed by atoms with Crippen LogP contribution in [0.25, 0.3) is 6.08 Å². The molecule has 10 nitrogen and oxygen atoms in total. The number of nitro benzene ring substituents is 1. The first kappa shape index (κ1) is 23.6. The summed E-state index contributed by atoms with van der Waals surface area (Å²) in [6.45, 7) is -0.0489. The van der Waals surface area contributed by atoms with E-state index < -0.39 is 22.7 Å². The first-order valence-electron chi connectivity index (χ1n) is 10.1. The topological polar surface area (TPSA) is 139 Å². The number of carbonyl (C=O) groups is 3. The Morgan fingerprint density at radius 3 is 2.43 bits per heavy atom. The van der Waals surface area contributed by atoms with E-state index in [4.69, 9.17) is 9.84 Å². The molecule has 0 atom stereocenters. The number of rotatable bonds is 7. The molecular formula is C24H16BrN3O7. The Morgan fingerprint density at radius 1 is 1.11 bits per heavy atom. The maximum atomic E-state index is 12.8. The molecule has 11 heteroatoms. The molecule has 0 radical (unpaired) electrons. The van der Waals surface area contributed by atoms with Gasteiger partial charge in [-0.2, -0.15) is 0 Å². The van der Waals surface area contributed by atoms with Crippen molar-refractivity contribution >= 4 is 51.2 Å². The van der Waals surface area contributed by atoms with Crippen molar-refractivity contribution in [2.45, 2.75) is 6.61 Å². The number of benzene rings is 3. The molecule has 3 aromatic rings. The predicted octanol–water partition coefficient (Wildman–Crippen LogP) is 4.10. The highest BCUT2D eigenvalue weighted by Gasteiger charge is 2.34. The molecule has 2 N–H and O–H groups in total. The van der Waals surface area contributed by atoms with Crippen LogP contribution in [-0.2, 0) is 16.2 Å². The molecule has 0 aliphatic carbocycles. The summed E-state index contributed by atoms with van der Waals surface area (Å²) in [4.78, 5) is 47.3.